The Hall–Kier alpha value is -3.35. The third-order valence-electron chi connectivity index (χ3n) is 11.3. The molecular weight excluding hydrogens is 767 g/mol. The van der Waals surface area contributed by atoms with Gasteiger partial charge in [-0.15, -0.1) is 11.5 Å². The van der Waals surface area contributed by atoms with Crippen molar-refractivity contribution in [2.45, 2.75) is 209 Å². The molecule has 0 spiro atoms. The smallest absolute Gasteiger partial charge is 0.873 e. The van der Waals surface area contributed by atoms with E-state index in [1.165, 1.54) is 131 Å². The number of aryl methyl sites for hydroxylation is 5. The van der Waals surface area contributed by atoms with E-state index in [-0.39, 0.29) is 28.0 Å². The van der Waals surface area contributed by atoms with E-state index in [4.69, 9.17) is 9.98 Å². The standard InChI is InChI=1S/C44H68N2.C10H14O2.Ni/c1-7-13-14-15-16-17-18-19-20-21-22-23-24-25-26-27-28-29-30-44(46-42-34-32-38(9-3)40(11-5)36-42)43(12-6)45-41-33-31-37(8-2)39(10-4)35-41;1-3-4-8-7(2)5-6-9(11)10(8)12;/h31-36H,7-28H2,1-6H3;5-6,11-12H,3-4H2,1-2H3;/q;;+2/p-2. The molecular formula is C54H80N2NiO2. The van der Waals surface area contributed by atoms with Gasteiger partial charge in [0, 0.05) is 6.42 Å². The van der Waals surface area contributed by atoms with Crippen LogP contribution in [0.2, 0.25) is 0 Å². The Morgan fingerprint density at radius 1 is 0.525 bits per heavy atom. The van der Waals surface area contributed by atoms with Crippen molar-refractivity contribution in [3.63, 3.8) is 0 Å². The van der Waals surface area contributed by atoms with Gasteiger partial charge in [-0.1, -0.05) is 187 Å². The fraction of sp³-hybridized carbons (Fsp3) is 0.593. The van der Waals surface area contributed by atoms with Crippen molar-refractivity contribution >= 4 is 22.8 Å². The maximum Gasteiger partial charge on any atom is 2.00 e. The molecule has 0 unspecified atom stereocenters. The molecule has 5 heteroatoms. The number of hydrogen-bond acceptors (Lipinski definition) is 4. The van der Waals surface area contributed by atoms with Crippen LogP contribution >= 0.6 is 0 Å². The third kappa shape index (κ3) is 21.1. The summed E-state index contributed by atoms with van der Waals surface area (Å²) >= 11 is 0. The zero-order chi connectivity index (χ0) is 42.4. The molecule has 0 aliphatic carbocycles. The zero-order valence-corrected chi connectivity index (χ0v) is 39.6. The number of benzene rings is 3. The van der Waals surface area contributed by atoms with E-state index in [1.54, 1.807) is 6.07 Å². The molecule has 328 valence electrons. The fourth-order valence-corrected chi connectivity index (χ4v) is 7.63. The first-order valence-corrected chi connectivity index (χ1v) is 23.6. The molecule has 0 fully saturated rings. The molecule has 0 bridgehead atoms. The molecule has 3 aromatic carbocycles. The molecule has 0 atom stereocenters. The summed E-state index contributed by atoms with van der Waals surface area (Å²) in [7, 11) is 0. The molecule has 0 saturated carbocycles. The summed E-state index contributed by atoms with van der Waals surface area (Å²) in [6.07, 6.45) is 29.7. The van der Waals surface area contributed by atoms with Crippen molar-refractivity contribution in [1.82, 2.24) is 0 Å². The maximum absolute atomic E-state index is 11.3. The largest absolute Gasteiger partial charge is 2.00 e. The minimum Gasteiger partial charge on any atom is -0.873 e. The molecule has 0 amide bonds. The van der Waals surface area contributed by atoms with Crippen LogP contribution in [0, 0.1) is 18.8 Å². The maximum atomic E-state index is 11.3. The number of aliphatic imine (C=N–C) groups is 2. The first kappa shape index (κ1) is 53.7. The van der Waals surface area contributed by atoms with Crippen molar-refractivity contribution in [3.05, 3.63) is 81.9 Å². The second kappa shape index (κ2) is 33.4. The minimum absolute atomic E-state index is 0. The van der Waals surface area contributed by atoms with Crippen molar-refractivity contribution in [3.8, 4) is 23.3 Å². The van der Waals surface area contributed by atoms with Crippen LogP contribution < -0.4 is 10.2 Å². The summed E-state index contributed by atoms with van der Waals surface area (Å²) in [6.45, 7) is 17.2. The summed E-state index contributed by atoms with van der Waals surface area (Å²) in [5.74, 6) is 6.26. The van der Waals surface area contributed by atoms with Gasteiger partial charge in [0.25, 0.3) is 0 Å². The Balaban J connectivity index is 0.00000114. The molecule has 4 nitrogen and oxygen atoms in total. The van der Waals surface area contributed by atoms with E-state index in [9.17, 15) is 10.2 Å². The van der Waals surface area contributed by atoms with Crippen molar-refractivity contribution in [2.24, 2.45) is 9.98 Å². The third-order valence-corrected chi connectivity index (χ3v) is 11.3. The van der Waals surface area contributed by atoms with Crippen LogP contribution in [0.1, 0.15) is 204 Å². The van der Waals surface area contributed by atoms with Crippen molar-refractivity contribution < 1.29 is 26.7 Å². The van der Waals surface area contributed by atoms with E-state index >= 15 is 0 Å². The summed E-state index contributed by atoms with van der Waals surface area (Å²) < 4.78 is 0. The SMILES string of the molecule is CCCCCCCCCCCCCCCCCCC#CC(=Nc1ccc(CC)c(CC)c1)C(CC)=Nc1ccc(CC)c(CC)c1.CCCc1c(C)ccc([O-])c1[O-].[Ni+2]. The Labute approximate surface area is 372 Å². The second-order valence-electron chi connectivity index (χ2n) is 16.0. The van der Waals surface area contributed by atoms with Gasteiger partial charge in [-0.3, -0.25) is 4.99 Å². The summed E-state index contributed by atoms with van der Waals surface area (Å²) in [5.41, 5.74) is 11.0. The van der Waals surface area contributed by atoms with Crippen LogP contribution in [-0.2, 0) is 48.6 Å². The van der Waals surface area contributed by atoms with Crippen LogP contribution in [-0.4, -0.2) is 11.4 Å². The molecule has 3 rings (SSSR count). The Bertz CT molecular complexity index is 1710. The van der Waals surface area contributed by atoms with E-state index in [2.05, 4.69) is 89.8 Å². The van der Waals surface area contributed by atoms with Crippen LogP contribution in [0.3, 0.4) is 0 Å². The monoisotopic (exact) mass is 847 g/mol. The molecule has 0 saturated heterocycles. The molecule has 0 radical (unpaired) electrons. The second-order valence-corrected chi connectivity index (χ2v) is 16.0. The van der Waals surface area contributed by atoms with Crippen LogP contribution in [0.5, 0.6) is 11.5 Å². The van der Waals surface area contributed by atoms with E-state index in [0.29, 0.717) is 12.0 Å². The van der Waals surface area contributed by atoms with E-state index in [1.807, 2.05) is 13.8 Å². The topological polar surface area (TPSA) is 70.8 Å². The molecule has 3 aromatic rings. The number of hydrogen-bond donors (Lipinski definition) is 0. The summed E-state index contributed by atoms with van der Waals surface area (Å²) in [5, 5.41) is 22.2. The molecule has 0 aliphatic rings. The molecule has 0 aliphatic heterocycles. The molecule has 0 N–H and O–H groups in total. The molecule has 0 aromatic heterocycles. The van der Waals surface area contributed by atoms with Gasteiger partial charge < -0.3 is 10.2 Å². The predicted molar refractivity (Wildman–Crippen MR) is 251 cm³/mol. The first-order valence-electron chi connectivity index (χ1n) is 23.6. The summed E-state index contributed by atoms with van der Waals surface area (Å²) in [4.78, 5) is 10.2. The Morgan fingerprint density at radius 2 is 0.983 bits per heavy atom. The number of unbranched alkanes of at least 4 members (excludes halogenated alkanes) is 16. The number of rotatable bonds is 26. The van der Waals surface area contributed by atoms with Crippen LogP contribution in [0.25, 0.3) is 0 Å². The Kier molecular flexibility index (Phi) is 30.4. The van der Waals surface area contributed by atoms with Gasteiger partial charge in [0.1, 0.15) is 5.71 Å². The predicted octanol–water partition coefficient (Wildman–Crippen LogP) is 14.9. The minimum atomic E-state index is -0.385. The average Bonchev–Trinajstić information content (AvgIpc) is 3.24. The van der Waals surface area contributed by atoms with Gasteiger partial charge in [-0.05, 0) is 110 Å². The molecule has 0 heterocycles. The molecule has 59 heavy (non-hydrogen) atoms. The zero-order valence-electron chi connectivity index (χ0n) is 38.6. The number of nitrogens with zero attached hydrogens (tertiary/aromatic N) is 2. The van der Waals surface area contributed by atoms with Crippen LogP contribution in [0.4, 0.5) is 11.4 Å². The van der Waals surface area contributed by atoms with Crippen molar-refractivity contribution in [2.75, 3.05) is 0 Å². The van der Waals surface area contributed by atoms with Gasteiger partial charge in [0.05, 0.1) is 17.1 Å². The summed E-state index contributed by atoms with van der Waals surface area (Å²) in [6, 6.07) is 16.3. The first-order chi connectivity index (χ1) is 28.3. The van der Waals surface area contributed by atoms with Gasteiger partial charge >= 0.3 is 16.5 Å². The van der Waals surface area contributed by atoms with Gasteiger partial charge in [0.2, 0.25) is 0 Å². The van der Waals surface area contributed by atoms with Crippen LogP contribution in [0.15, 0.2) is 58.5 Å². The van der Waals surface area contributed by atoms with E-state index in [0.717, 1.165) is 73.3 Å². The van der Waals surface area contributed by atoms with Gasteiger partial charge in [-0.25, -0.2) is 4.99 Å². The van der Waals surface area contributed by atoms with Gasteiger partial charge in [-0.2, -0.15) is 0 Å². The van der Waals surface area contributed by atoms with E-state index < -0.39 is 0 Å². The Morgan fingerprint density at radius 3 is 1.42 bits per heavy atom. The normalized spacial score (nSPS) is 11.4. The van der Waals surface area contributed by atoms with Crippen molar-refractivity contribution in [1.29, 1.82) is 0 Å². The van der Waals surface area contributed by atoms with Gasteiger partial charge in [0.15, 0.2) is 0 Å². The quantitative estimate of drug-likeness (QED) is 0.0349. The average molecular weight is 848 g/mol. The fourth-order valence-electron chi connectivity index (χ4n) is 7.63.